The Hall–Kier alpha value is -1.03. The molecule has 1 N–H and O–H groups in total. The Morgan fingerprint density at radius 2 is 1.70 bits per heavy atom. The highest BCUT2D eigenvalue weighted by Crippen LogP contribution is 2.20. The van der Waals surface area contributed by atoms with Crippen LogP contribution in [-0.4, -0.2) is 66.7 Å². The van der Waals surface area contributed by atoms with Gasteiger partial charge in [0.15, 0.2) is 0 Å². The molecule has 3 atom stereocenters. The van der Waals surface area contributed by atoms with E-state index in [0.717, 1.165) is 4.31 Å². The minimum atomic E-state index is -3.86. The fourth-order valence-corrected chi connectivity index (χ4v) is 4.31. The number of carbonyl (C=O) groups is 2. The van der Waals surface area contributed by atoms with Gasteiger partial charge >= 0.3 is 0 Å². The Morgan fingerprint density at radius 1 is 1.15 bits per heavy atom. The summed E-state index contributed by atoms with van der Waals surface area (Å²) in [7, 11) is -3.86. The zero-order valence-electron chi connectivity index (χ0n) is 11.7. The summed E-state index contributed by atoms with van der Waals surface area (Å²) in [5, 5.41) is 2.12. The number of nitrogens with one attached hydrogen (secondary N) is 1. The largest absolute Gasteiger partial charge is 0.373 e. The highest BCUT2D eigenvalue weighted by Gasteiger charge is 2.43. The van der Waals surface area contributed by atoms with Gasteiger partial charge < -0.3 is 4.74 Å². The Morgan fingerprint density at radius 3 is 2.25 bits per heavy atom. The predicted molar refractivity (Wildman–Crippen MR) is 69.8 cm³/mol. The van der Waals surface area contributed by atoms with Crippen molar-refractivity contribution in [3.8, 4) is 0 Å². The van der Waals surface area contributed by atoms with Crippen LogP contribution in [0.3, 0.4) is 0 Å². The summed E-state index contributed by atoms with van der Waals surface area (Å²) < 4.78 is 32.9. The first-order chi connectivity index (χ1) is 9.21. The minimum Gasteiger partial charge on any atom is -0.373 e. The molecular formula is C11H19N3O5S. The van der Waals surface area contributed by atoms with Gasteiger partial charge in [0.2, 0.25) is 11.8 Å². The van der Waals surface area contributed by atoms with Crippen LogP contribution in [0.1, 0.15) is 20.8 Å². The van der Waals surface area contributed by atoms with Gasteiger partial charge in [0.05, 0.1) is 18.8 Å². The van der Waals surface area contributed by atoms with Crippen LogP contribution < -0.4 is 5.32 Å². The number of piperazine rings is 1. The van der Waals surface area contributed by atoms with Crippen LogP contribution in [0.25, 0.3) is 0 Å². The number of amides is 2. The van der Waals surface area contributed by atoms with Crippen molar-refractivity contribution in [2.75, 3.05) is 19.6 Å². The van der Waals surface area contributed by atoms with Crippen LogP contribution in [0.15, 0.2) is 0 Å². The molecule has 0 aromatic heterocycles. The van der Waals surface area contributed by atoms with Gasteiger partial charge in [0, 0.05) is 13.1 Å². The second kappa shape index (κ2) is 5.40. The zero-order valence-corrected chi connectivity index (χ0v) is 12.5. The molecule has 2 rings (SSSR count). The number of hydrogen-bond acceptors (Lipinski definition) is 5. The van der Waals surface area contributed by atoms with Gasteiger partial charge in [-0.3, -0.25) is 14.9 Å². The molecule has 0 aliphatic carbocycles. The number of morpholine rings is 1. The molecule has 0 bridgehead atoms. The topological polar surface area (TPSA) is 96.0 Å². The molecule has 20 heavy (non-hydrogen) atoms. The maximum Gasteiger partial charge on any atom is 0.283 e. The fraction of sp³-hybridized carbons (Fsp3) is 0.818. The molecule has 0 spiro atoms. The Kier molecular flexibility index (Phi) is 4.14. The third kappa shape index (κ3) is 2.85. The van der Waals surface area contributed by atoms with Crippen molar-refractivity contribution in [1.29, 1.82) is 0 Å². The molecule has 0 radical (unpaired) electrons. The lowest BCUT2D eigenvalue weighted by atomic mass is 10.2. The number of rotatable bonds is 2. The van der Waals surface area contributed by atoms with Crippen molar-refractivity contribution in [2.45, 2.75) is 39.0 Å². The smallest absolute Gasteiger partial charge is 0.283 e. The van der Waals surface area contributed by atoms with E-state index in [0.29, 0.717) is 0 Å². The lowest BCUT2D eigenvalue weighted by Gasteiger charge is -2.39. The van der Waals surface area contributed by atoms with Crippen molar-refractivity contribution in [1.82, 2.24) is 13.9 Å². The van der Waals surface area contributed by atoms with Crippen molar-refractivity contribution < 1.29 is 22.7 Å². The Bertz CT molecular complexity index is 510. The van der Waals surface area contributed by atoms with Crippen LogP contribution in [0.4, 0.5) is 0 Å². The molecule has 2 aliphatic heterocycles. The number of hydrogen-bond donors (Lipinski definition) is 1. The van der Waals surface area contributed by atoms with E-state index in [4.69, 9.17) is 4.74 Å². The monoisotopic (exact) mass is 305 g/mol. The standard InChI is InChI=1S/C11H19N3O5S/c1-7-4-13(5-8(2)19-7)20(17,18)14-6-10(15)12-11(16)9(14)3/h7-9H,4-6H2,1-3H3,(H,12,15,16). The summed E-state index contributed by atoms with van der Waals surface area (Å²) in [6, 6.07) is -0.897. The van der Waals surface area contributed by atoms with Gasteiger partial charge in [0.25, 0.3) is 10.2 Å². The summed E-state index contributed by atoms with van der Waals surface area (Å²) in [5.74, 6) is -1.20. The van der Waals surface area contributed by atoms with E-state index in [-0.39, 0.29) is 31.8 Å². The normalized spacial score (nSPS) is 34.0. The van der Waals surface area contributed by atoms with Gasteiger partial charge in [0.1, 0.15) is 6.04 Å². The summed E-state index contributed by atoms with van der Waals surface area (Å²) >= 11 is 0. The number of ether oxygens (including phenoxy) is 1. The van der Waals surface area contributed by atoms with Gasteiger partial charge in [-0.25, -0.2) is 0 Å². The molecule has 114 valence electrons. The maximum absolute atomic E-state index is 12.6. The van der Waals surface area contributed by atoms with Crippen LogP contribution in [-0.2, 0) is 24.5 Å². The molecule has 2 saturated heterocycles. The third-order valence-electron chi connectivity index (χ3n) is 3.38. The number of nitrogens with zero attached hydrogens (tertiary/aromatic N) is 2. The number of carbonyl (C=O) groups excluding carboxylic acids is 2. The molecule has 0 saturated carbocycles. The lowest BCUT2D eigenvalue weighted by Crippen LogP contribution is -2.62. The van der Waals surface area contributed by atoms with Gasteiger partial charge in [-0.15, -0.1) is 0 Å². The fourth-order valence-electron chi connectivity index (χ4n) is 2.44. The van der Waals surface area contributed by atoms with E-state index >= 15 is 0 Å². The molecule has 3 unspecified atom stereocenters. The molecule has 2 aliphatic rings. The van der Waals surface area contributed by atoms with E-state index in [1.54, 1.807) is 13.8 Å². The first-order valence-electron chi connectivity index (χ1n) is 6.48. The Labute approximate surface area is 118 Å². The third-order valence-corrected chi connectivity index (χ3v) is 5.37. The molecule has 9 heteroatoms. The van der Waals surface area contributed by atoms with Crippen molar-refractivity contribution in [3.05, 3.63) is 0 Å². The summed E-state index contributed by atoms with van der Waals surface area (Å²) in [4.78, 5) is 23.0. The van der Waals surface area contributed by atoms with Crippen molar-refractivity contribution >= 4 is 22.0 Å². The molecule has 0 aromatic carbocycles. The summed E-state index contributed by atoms with van der Waals surface area (Å²) in [5.41, 5.74) is 0. The van der Waals surface area contributed by atoms with Crippen molar-refractivity contribution in [3.63, 3.8) is 0 Å². The quantitative estimate of drug-likeness (QED) is 0.639. The molecular weight excluding hydrogens is 286 g/mol. The summed E-state index contributed by atoms with van der Waals surface area (Å²) in [6.07, 6.45) is -0.448. The van der Waals surface area contributed by atoms with Gasteiger partial charge in [-0.2, -0.15) is 17.0 Å². The first-order valence-corrected chi connectivity index (χ1v) is 7.87. The second-order valence-corrected chi connectivity index (χ2v) is 7.10. The van der Waals surface area contributed by atoms with E-state index in [2.05, 4.69) is 5.32 Å². The van der Waals surface area contributed by atoms with Crippen molar-refractivity contribution in [2.24, 2.45) is 0 Å². The van der Waals surface area contributed by atoms with Crippen LogP contribution in [0, 0.1) is 0 Å². The highest BCUT2D eigenvalue weighted by molar-refractivity contribution is 7.86. The predicted octanol–water partition coefficient (Wildman–Crippen LogP) is -1.31. The van der Waals surface area contributed by atoms with E-state index in [1.165, 1.54) is 11.2 Å². The molecule has 2 amide bonds. The number of imide groups is 1. The molecule has 0 aromatic rings. The lowest BCUT2D eigenvalue weighted by molar-refractivity contribution is -0.137. The Balaban J connectivity index is 2.24. The van der Waals surface area contributed by atoms with E-state index < -0.39 is 28.1 Å². The van der Waals surface area contributed by atoms with E-state index in [9.17, 15) is 18.0 Å². The van der Waals surface area contributed by atoms with E-state index in [1.807, 2.05) is 0 Å². The zero-order chi connectivity index (χ0) is 15.1. The average molecular weight is 305 g/mol. The second-order valence-electron chi connectivity index (χ2n) is 5.22. The minimum absolute atomic E-state index is 0.214. The summed E-state index contributed by atoms with van der Waals surface area (Å²) in [6.45, 7) is 5.13. The first kappa shape index (κ1) is 15.4. The van der Waals surface area contributed by atoms with Gasteiger partial charge in [-0.05, 0) is 20.8 Å². The van der Waals surface area contributed by atoms with Crippen LogP contribution in [0.2, 0.25) is 0 Å². The average Bonchev–Trinajstić information content (AvgIpc) is 2.32. The van der Waals surface area contributed by atoms with Crippen LogP contribution in [0.5, 0.6) is 0 Å². The van der Waals surface area contributed by atoms with Gasteiger partial charge in [-0.1, -0.05) is 0 Å². The molecule has 8 nitrogen and oxygen atoms in total. The molecule has 2 fully saturated rings. The van der Waals surface area contributed by atoms with Crippen LogP contribution >= 0.6 is 0 Å². The maximum atomic E-state index is 12.6. The molecule has 2 heterocycles. The SMILES string of the molecule is CC1CN(S(=O)(=O)N2CC(=O)NC(=O)C2C)CC(C)O1. The highest BCUT2D eigenvalue weighted by atomic mass is 32.2.